The Kier molecular flexibility index (Phi) is 8.44. The predicted octanol–water partition coefficient (Wildman–Crippen LogP) is 2.50. The first kappa shape index (κ1) is 17.9. The van der Waals surface area contributed by atoms with Crippen molar-refractivity contribution in [3.8, 4) is 0 Å². The molecule has 0 fully saturated rings. The maximum Gasteiger partial charge on any atom is 0.220 e. The van der Waals surface area contributed by atoms with Crippen molar-refractivity contribution in [2.75, 3.05) is 20.1 Å². The van der Waals surface area contributed by atoms with Crippen LogP contribution in [-0.4, -0.2) is 26.0 Å². The molecule has 0 unspecified atom stereocenters. The summed E-state index contributed by atoms with van der Waals surface area (Å²) in [7, 11) is 1.92. The van der Waals surface area contributed by atoms with Crippen molar-refractivity contribution in [3.05, 3.63) is 35.9 Å². The van der Waals surface area contributed by atoms with Crippen LogP contribution in [-0.2, 0) is 10.2 Å². The summed E-state index contributed by atoms with van der Waals surface area (Å²) in [5, 5.41) is 6.03. The largest absolute Gasteiger partial charge is 0.356 e. The van der Waals surface area contributed by atoms with Crippen LogP contribution in [0, 0.1) is 0 Å². The molecule has 1 aromatic rings. The van der Waals surface area contributed by atoms with Crippen LogP contribution in [0.2, 0.25) is 0 Å². The number of nitrogens with one attached hydrogen (secondary N) is 2. The first-order valence-corrected chi connectivity index (χ1v) is 6.53. The van der Waals surface area contributed by atoms with Gasteiger partial charge in [0.15, 0.2) is 0 Å². The normalized spacial score (nSPS) is 10.7. The first-order valence-electron chi connectivity index (χ1n) is 6.53. The molecule has 19 heavy (non-hydrogen) atoms. The lowest BCUT2D eigenvalue weighted by molar-refractivity contribution is -0.122. The van der Waals surface area contributed by atoms with Gasteiger partial charge in [0.25, 0.3) is 0 Å². The summed E-state index contributed by atoms with van der Waals surface area (Å²) in [6, 6.07) is 10.2. The quantitative estimate of drug-likeness (QED) is 0.756. The Morgan fingerprint density at radius 2 is 1.79 bits per heavy atom. The summed E-state index contributed by atoms with van der Waals surface area (Å²) in [5.41, 5.74) is 1.09. The minimum absolute atomic E-state index is 0. The molecule has 2 N–H and O–H groups in total. The molecule has 0 heterocycles. The van der Waals surface area contributed by atoms with E-state index >= 15 is 0 Å². The van der Waals surface area contributed by atoms with Gasteiger partial charge in [0.2, 0.25) is 5.91 Å². The second-order valence-electron chi connectivity index (χ2n) is 5.23. The van der Waals surface area contributed by atoms with Gasteiger partial charge in [0.1, 0.15) is 0 Å². The molecule has 0 radical (unpaired) electrons. The van der Waals surface area contributed by atoms with Crippen LogP contribution in [0.4, 0.5) is 0 Å². The standard InChI is InChI=1S/C15H24N2O.ClH/c1-15(2,13-8-5-4-6-9-13)12-14(18)17-11-7-10-16-3;/h4-6,8-9,16H,7,10-12H2,1-3H3,(H,17,18);1H. The number of amides is 1. The van der Waals surface area contributed by atoms with Gasteiger partial charge >= 0.3 is 0 Å². The summed E-state index contributed by atoms with van der Waals surface area (Å²) in [5.74, 6) is 0.125. The van der Waals surface area contributed by atoms with Crippen LogP contribution in [0.5, 0.6) is 0 Å². The second kappa shape index (κ2) is 8.94. The van der Waals surface area contributed by atoms with Gasteiger partial charge in [-0.25, -0.2) is 0 Å². The predicted molar refractivity (Wildman–Crippen MR) is 82.9 cm³/mol. The number of hydrogen-bond acceptors (Lipinski definition) is 2. The zero-order valence-electron chi connectivity index (χ0n) is 12.0. The van der Waals surface area contributed by atoms with E-state index in [0.29, 0.717) is 6.42 Å². The molecule has 3 nitrogen and oxygen atoms in total. The number of carbonyl (C=O) groups is 1. The molecule has 108 valence electrons. The van der Waals surface area contributed by atoms with E-state index in [0.717, 1.165) is 19.5 Å². The van der Waals surface area contributed by atoms with Crippen molar-refractivity contribution in [1.29, 1.82) is 0 Å². The van der Waals surface area contributed by atoms with Crippen LogP contribution in [0.1, 0.15) is 32.3 Å². The minimum Gasteiger partial charge on any atom is -0.356 e. The van der Waals surface area contributed by atoms with E-state index in [2.05, 4.69) is 36.6 Å². The van der Waals surface area contributed by atoms with Gasteiger partial charge in [-0.15, -0.1) is 12.4 Å². The summed E-state index contributed by atoms with van der Waals surface area (Å²) >= 11 is 0. The van der Waals surface area contributed by atoms with Gasteiger partial charge in [-0.05, 0) is 31.0 Å². The molecule has 0 saturated carbocycles. The number of hydrogen-bond donors (Lipinski definition) is 2. The average Bonchev–Trinajstić information content (AvgIpc) is 2.35. The van der Waals surface area contributed by atoms with Crippen LogP contribution in [0.3, 0.4) is 0 Å². The Morgan fingerprint density at radius 1 is 1.16 bits per heavy atom. The Balaban J connectivity index is 0.00000324. The number of rotatable bonds is 7. The Hall–Kier alpha value is -1.06. The summed E-state index contributed by atoms with van der Waals surface area (Å²) in [4.78, 5) is 11.9. The maximum atomic E-state index is 11.9. The third-order valence-corrected chi connectivity index (χ3v) is 3.08. The number of benzene rings is 1. The Morgan fingerprint density at radius 3 is 2.37 bits per heavy atom. The molecule has 0 saturated heterocycles. The van der Waals surface area contributed by atoms with E-state index in [4.69, 9.17) is 0 Å². The lowest BCUT2D eigenvalue weighted by Gasteiger charge is -2.24. The highest BCUT2D eigenvalue weighted by molar-refractivity contribution is 5.85. The van der Waals surface area contributed by atoms with Crippen molar-refractivity contribution in [1.82, 2.24) is 10.6 Å². The Bertz CT molecular complexity index is 366. The highest BCUT2D eigenvalue weighted by Crippen LogP contribution is 2.26. The van der Waals surface area contributed by atoms with E-state index in [1.807, 2.05) is 25.2 Å². The van der Waals surface area contributed by atoms with E-state index in [1.54, 1.807) is 0 Å². The number of halogens is 1. The lowest BCUT2D eigenvalue weighted by Crippen LogP contribution is -2.32. The van der Waals surface area contributed by atoms with E-state index in [9.17, 15) is 4.79 Å². The first-order chi connectivity index (χ1) is 8.56. The van der Waals surface area contributed by atoms with E-state index in [-0.39, 0.29) is 23.7 Å². The molecule has 1 rings (SSSR count). The fourth-order valence-electron chi connectivity index (χ4n) is 1.95. The van der Waals surface area contributed by atoms with Crippen molar-refractivity contribution >= 4 is 18.3 Å². The van der Waals surface area contributed by atoms with E-state index < -0.39 is 0 Å². The molecular weight excluding hydrogens is 260 g/mol. The molecule has 0 aliphatic carbocycles. The zero-order chi connectivity index (χ0) is 13.4. The molecule has 1 aromatic carbocycles. The topological polar surface area (TPSA) is 41.1 Å². The summed E-state index contributed by atoms with van der Waals surface area (Å²) in [6.07, 6.45) is 1.49. The summed E-state index contributed by atoms with van der Waals surface area (Å²) < 4.78 is 0. The fourth-order valence-corrected chi connectivity index (χ4v) is 1.95. The maximum absolute atomic E-state index is 11.9. The highest BCUT2D eigenvalue weighted by atomic mass is 35.5. The van der Waals surface area contributed by atoms with E-state index in [1.165, 1.54) is 5.56 Å². The van der Waals surface area contributed by atoms with Crippen molar-refractivity contribution < 1.29 is 4.79 Å². The molecule has 4 heteroatoms. The molecule has 0 bridgehead atoms. The van der Waals surface area contributed by atoms with Crippen LogP contribution >= 0.6 is 12.4 Å². The smallest absolute Gasteiger partial charge is 0.220 e. The third-order valence-electron chi connectivity index (χ3n) is 3.08. The van der Waals surface area contributed by atoms with Gasteiger partial charge in [-0.2, -0.15) is 0 Å². The fraction of sp³-hybridized carbons (Fsp3) is 0.533. The van der Waals surface area contributed by atoms with Gasteiger partial charge < -0.3 is 10.6 Å². The van der Waals surface area contributed by atoms with Gasteiger partial charge in [-0.1, -0.05) is 44.2 Å². The lowest BCUT2D eigenvalue weighted by atomic mass is 9.81. The highest BCUT2D eigenvalue weighted by Gasteiger charge is 2.23. The zero-order valence-corrected chi connectivity index (χ0v) is 12.8. The van der Waals surface area contributed by atoms with Crippen molar-refractivity contribution in [2.45, 2.75) is 32.1 Å². The molecule has 0 atom stereocenters. The van der Waals surface area contributed by atoms with Crippen LogP contribution in [0.25, 0.3) is 0 Å². The van der Waals surface area contributed by atoms with Crippen molar-refractivity contribution in [2.24, 2.45) is 0 Å². The molecular formula is C15H25ClN2O. The SMILES string of the molecule is CNCCCNC(=O)CC(C)(C)c1ccccc1.Cl. The summed E-state index contributed by atoms with van der Waals surface area (Å²) in [6.45, 7) is 5.89. The molecule has 0 spiro atoms. The minimum atomic E-state index is -0.117. The van der Waals surface area contributed by atoms with Crippen LogP contribution in [0.15, 0.2) is 30.3 Å². The Labute approximate surface area is 122 Å². The van der Waals surface area contributed by atoms with Gasteiger partial charge in [-0.3, -0.25) is 4.79 Å². The van der Waals surface area contributed by atoms with Crippen molar-refractivity contribution in [3.63, 3.8) is 0 Å². The second-order valence-corrected chi connectivity index (χ2v) is 5.23. The number of carbonyl (C=O) groups excluding carboxylic acids is 1. The van der Waals surface area contributed by atoms with Gasteiger partial charge in [0, 0.05) is 13.0 Å². The third kappa shape index (κ3) is 6.60. The van der Waals surface area contributed by atoms with Gasteiger partial charge in [0.05, 0.1) is 0 Å². The molecule has 0 aliphatic rings. The molecule has 0 aromatic heterocycles. The molecule has 1 amide bonds. The monoisotopic (exact) mass is 284 g/mol. The average molecular weight is 285 g/mol. The molecule has 0 aliphatic heterocycles. The van der Waals surface area contributed by atoms with Crippen LogP contribution < -0.4 is 10.6 Å².